The van der Waals surface area contributed by atoms with Gasteiger partial charge in [-0.05, 0) is 82.6 Å². The van der Waals surface area contributed by atoms with Crippen LogP contribution >= 0.6 is 0 Å². The Morgan fingerprint density at radius 1 is 1.05 bits per heavy atom. The van der Waals surface area contributed by atoms with Gasteiger partial charge >= 0.3 is 11.8 Å². The zero-order valence-corrected chi connectivity index (χ0v) is 26.8. The Bertz CT molecular complexity index is 1770. The van der Waals surface area contributed by atoms with Crippen molar-refractivity contribution in [2.24, 2.45) is 0 Å². The number of hydrogen-bond donors (Lipinski definition) is 0. The van der Waals surface area contributed by atoms with Gasteiger partial charge in [-0.1, -0.05) is 44.2 Å². The molecule has 6 rings (SSSR count). The van der Waals surface area contributed by atoms with Crippen LogP contribution in [0.15, 0.2) is 53.5 Å². The van der Waals surface area contributed by atoms with Crippen molar-refractivity contribution in [3.05, 3.63) is 76.0 Å². The third-order valence-corrected chi connectivity index (χ3v) is 8.42. The molecule has 1 aliphatic heterocycles. The lowest BCUT2D eigenvalue weighted by molar-refractivity contribution is 0.0218. The summed E-state index contributed by atoms with van der Waals surface area (Å²) in [7, 11) is 0. The molecule has 1 unspecified atom stereocenters. The zero-order valence-electron chi connectivity index (χ0n) is 26.8. The van der Waals surface area contributed by atoms with E-state index >= 15 is 0 Å². The van der Waals surface area contributed by atoms with Crippen LogP contribution in [-0.4, -0.2) is 61.8 Å². The summed E-state index contributed by atoms with van der Waals surface area (Å²) in [4.78, 5) is 45.8. The Balaban J connectivity index is 1.56. The van der Waals surface area contributed by atoms with E-state index in [4.69, 9.17) is 19.7 Å². The molecule has 230 valence electrons. The summed E-state index contributed by atoms with van der Waals surface area (Å²) in [6.07, 6.45) is 3.69. The van der Waals surface area contributed by atoms with Gasteiger partial charge in [0.2, 0.25) is 0 Å². The zero-order chi connectivity index (χ0) is 31.3. The number of pyridine rings is 2. The fourth-order valence-corrected chi connectivity index (χ4v) is 6.15. The second-order valence-electron chi connectivity index (χ2n) is 13.5. The molecule has 0 bridgehead atoms. The molecule has 1 saturated heterocycles. The molecule has 1 atom stereocenters. The maximum atomic E-state index is 14.2. The lowest BCUT2D eigenvalue weighted by Crippen LogP contribution is -2.55. The van der Waals surface area contributed by atoms with Gasteiger partial charge in [-0.15, -0.1) is 0 Å². The molecule has 0 spiro atoms. The van der Waals surface area contributed by atoms with Crippen molar-refractivity contribution in [2.45, 2.75) is 84.8 Å². The molecule has 4 aromatic rings. The van der Waals surface area contributed by atoms with Crippen molar-refractivity contribution in [2.75, 3.05) is 24.5 Å². The Morgan fingerprint density at radius 3 is 2.41 bits per heavy atom. The molecular formula is C35H42N6O3. The number of fused-ring (bicyclic) bond motifs is 1. The number of amides is 1. The number of ether oxygens (including phenoxy) is 1. The molecule has 1 saturated carbocycles. The van der Waals surface area contributed by atoms with Gasteiger partial charge in [0.05, 0.1) is 22.5 Å². The average Bonchev–Trinajstić information content (AvgIpc) is 3.82. The van der Waals surface area contributed by atoms with Gasteiger partial charge < -0.3 is 14.5 Å². The van der Waals surface area contributed by atoms with Crippen LogP contribution in [0.4, 0.5) is 10.6 Å². The highest BCUT2D eigenvalue weighted by molar-refractivity contribution is 5.92. The molecule has 1 aliphatic carbocycles. The number of benzene rings is 1. The Labute approximate surface area is 258 Å². The average molecular weight is 595 g/mol. The van der Waals surface area contributed by atoms with Crippen LogP contribution in [0.5, 0.6) is 0 Å². The fourth-order valence-electron chi connectivity index (χ4n) is 6.15. The molecule has 1 aromatic carbocycles. The molecule has 0 N–H and O–H groups in total. The highest BCUT2D eigenvalue weighted by Crippen LogP contribution is 2.46. The minimum atomic E-state index is -0.569. The smallest absolute Gasteiger partial charge is 0.410 e. The van der Waals surface area contributed by atoms with Crippen LogP contribution in [0.2, 0.25) is 0 Å². The van der Waals surface area contributed by atoms with E-state index in [0.29, 0.717) is 37.0 Å². The van der Waals surface area contributed by atoms with Crippen molar-refractivity contribution in [1.29, 1.82) is 0 Å². The maximum absolute atomic E-state index is 14.2. The number of anilines is 1. The van der Waals surface area contributed by atoms with Gasteiger partial charge in [0.25, 0.3) is 0 Å². The summed E-state index contributed by atoms with van der Waals surface area (Å²) >= 11 is 0. The molecular weight excluding hydrogens is 552 g/mol. The summed E-state index contributed by atoms with van der Waals surface area (Å²) in [5, 5.41) is 0.835. The van der Waals surface area contributed by atoms with E-state index in [1.54, 1.807) is 15.7 Å². The molecule has 44 heavy (non-hydrogen) atoms. The number of carbonyl (C=O) groups is 1. The van der Waals surface area contributed by atoms with Crippen molar-refractivity contribution < 1.29 is 9.53 Å². The van der Waals surface area contributed by atoms with E-state index in [2.05, 4.69) is 43.9 Å². The van der Waals surface area contributed by atoms with E-state index < -0.39 is 11.3 Å². The minimum Gasteiger partial charge on any atom is -0.444 e. The number of aryl methyl sites for hydroxylation is 1. The van der Waals surface area contributed by atoms with Gasteiger partial charge in [-0.2, -0.15) is 4.98 Å². The van der Waals surface area contributed by atoms with Gasteiger partial charge in [0.1, 0.15) is 11.4 Å². The molecule has 0 radical (unpaired) electrons. The lowest BCUT2D eigenvalue weighted by atomic mass is 10.00. The summed E-state index contributed by atoms with van der Waals surface area (Å²) in [5.41, 5.74) is 5.24. The predicted octanol–water partition coefficient (Wildman–Crippen LogP) is 6.60. The van der Waals surface area contributed by atoms with Crippen LogP contribution in [0.25, 0.3) is 28.0 Å². The van der Waals surface area contributed by atoms with E-state index in [0.717, 1.165) is 46.4 Å². The first-order valence-electron chi connectivity index (χ1n) is 15.7. The van der Waals surface area contributed by atoms with Crippen LogP contribution in [0, 0.1) is 6.92 Å². The monoisotopic (exact) mass is 594 g/mol. The molecule has 2 aliphatic rings. The number of piperazine rings is 1. The first kappa shape index (κ1) is 29.8. The third kappa shape index (κ3) is 5.67. The fraction of sp³-hybridized carbons (Fsp3) is 0.457. The lowest BCUT2D eigenvalue weighted by Gasteiger charge is -2.41. The van der Waals surface area contributed by atoms with Gasteiger partial charge in [-0.3, -0.25) is 4.98 Å². The quantitative estimate of drug-likeness (QED) is 0.257. The molecule has 2 fully saturated rings. The number of carbonyl (C=O) groups excluding carboxylic acids is 1. The van der Waals surface area contributed by atoms with Crippen molar-refractivity contribution in [3.63, 3.8) is 0 Å². The van der Waals surface area contributed by atoms with Crippen molar-refractivity contribution >= 4 is 22.9 Å². The summed E-state index contributed by atoms with van der Waals surface area (Å²) < 4.78 is 7.32. The molecule has 9 heteroatoms. The van der Waals surface area contributed by atoms with E-state index in [1.165, 1.54) is 5.56 Å². The van der Waals surface area contributed by atoms with E-state index in [-0.39, 0.29) is 18.1 Å². The minimum absolute atomic E-state index is 0.0896. The number of nitrogens with zero attached hydrogens (tertiary/aromatic N) is 6. The highest BCUT2D eigenvalue weighted by atomic mass is 16.6. The standard InChI is InChI=1S/C35H42N6O3/c1-21(2)28-30(22(3)15-16-36-28)41-32-27(19-26(24-13-14-24)29(37-32)25-11-9-8-10-12-25)31(38-33(41)42)40-18-17-39(20-23(40)4)34(43)44-35(5,6)7/h8-12,15-16,19,21,23-24H,13-14,17-18,20H2,1-7H3. The Hall–Kier alpha value is -4.27. The third-order valence-electron chi connectivity index (χ3n) is 8.42. The van der Waals surface area contributed by atoms with Crippen LogP contribution in [0.3, 0.4) is 0 Å². The molecule has 3 aromatic heterocycles. The van der Waals surface area contributed by atoms with Crippen LogP contribution < -0.4 is 10.6 Å². The van der Waals surface area contributed by atoms with Crippen LogP contribution in [0.1, 0.15) is 83.0 Å². The number of aromatic nitrogens is 4. The van der Waals surface area contributed by atoms with Gasteiger partial charge in [-0.25, -0.2) is 19.1 Å². The Kier molecular flexibility index (Phi) is 7.68. The van der Waals surface area contributed by atoms with Crippen molar-refractivity contribution in [1.82, 2.24) is 24.4 Å². The highest BCUT2D eigenvalue weighted by Gasteiger charge is 2.34. The normalized spacial score (nSPS) is 17.4. The summed E-state index contributed by atoms with van der Waals surface area (Å²) in [5.74, 6) is 1.12. The molecule has 4 heterocycles. The van der Waals surface area contributed by atoms with Gasteiger partial charge in [0, 0.05) is 37.4 Å². The van der Waals surface area contributed by atoms with Gasteiger partial charge in [0.15, 0.2) is 5.65 Å². The number of rotatable bonds is 5. The summed E-state index contributed by atoms with van der Waals surface area (Å²) in [6, 6.07) is 14.3. The second kappa shape index (κ2) is 11.3. The predicted molar refractivity (Wildman–Crippen MR) is 174 cm³/mol. The van der Waals surface area contributed by atoms with Crippen molar-refractivity contribution in [3.8, 4) is 16.9 Å². The SMILES string of the molecule is Cc1ccnc(C(C)C)c1-n1c(=O)nc(N2CCN(C(=O)OC(C)(C)C)CC2C)c2cc(C3CC3)c(-c3ccccc3)nc21. The number of hydrogen-bond acceptors (Lipinski definition) is 7. The largest absolute Gasteiger partial charge is 0.444 e. The maximum Gasteiger partial charge on any atom is 0.410 e. The van der Waals surface area contributed by atoms with E-state index in [9.17, 15) is 9.59 Å². The molecule has 9 nitrogen and oxygen atoms in total. The van der Waals surface area contributed by atoms with Crippen LogP contribution in [-0.2, 0) is 4.74 Å². The first-order valence-corrected chi connectivity index (χ1v) is 15.7. The molecule has 1 amide bonds. The first-order chi connectivity index (χ1) is 20.9. The summed E-state index contributed by atoms with van der Waals surface area (Å²) in [6.45, 7) is 15.3. The van der Waals surface area contributed by atoms with E-state index in [1.807, 2.05) is 52.0 Å². The topological polar surface area (TPSA) is 93.5 Å². The second-order valence-corrected chi connectivity index (χ2v) is 13.5. The Morgan fingerprint density at radius 2 is 1.77 bits per heavy atom.